The standard InChI is InChI=1S/C11H16N2O/c1-7-11(9(3)14)8(2)13(12-7)10-5-4-6-10/h10H,4-6H2,1-3H3. The van der Waals surface area contributed by atoms with Crippen molar-refractivity contribution in [3.8, 4) is 0 Å². The third-order valence-electron chi connectivity index (χ3n) is 3.10. The third kappa shape index (κ3) is 1.27. The lowest BCUT2D eigenvalue weighted by atomic mass is 9.93. The van der Waals surface area contributed by atoms with E-state index in [2.05, 4.69) is 5.10 Å². The van der Waals surface area contributed by atoms with Crippen LogP contribution in [0.3, 0.4) is 0 Å². The van der Waals surface area contributed by atoms with Gasteiger partial charge in [-0.1, -0.05) is 0 Å². The van der Waals surface area contributed by atoms with Gasteiger partial charge in [-0.3, -0.25) is 9.48 Å². The molecule has 2 rings (SSSR count). The molecule has 1 aliphatic rings. The summed E-state index contributed by atoms with van der Waals surface area (Å²) in [5, 5.41) is 4.45. The molecule has 0 spiro atoms. The van der Waals surface area contributed by atoms with Crippen molar-refractivity contribution in [3.63, 3.8) is 0 Å². The van der Waals surface area contributed by atoms with Crippen molar-refractivity contribution in [2.75, 3.05) is 0 Å². The topological polar surface area (TPSA) is 34.9 Å². The number of ketones is 1. The quantitative estimate of drug-likeness (QED) is 0.674. The van der Waals surface area contributed by atoms with Crippen LogP contribution in [0.1, 0.15) is 54.0 Å². The van der Waals surface area contributed by atoms with Crippen LogP contribution >= 0.6 is 0 Å². The lowest BCUT2D eigenvalue weighted by molar-refractivity contribution is 0.101. The second-order valence-corrected chi connectivity index (χ2v) is 4.13. The van der Waals surface area contributed by atoms with Crippen molar-refractivity contribution < 1.29 is 4.79 Å². The predicted molar refractivity (Wildman–Crippen MR) is 54.6 cm³/mol. The predicted octanol–water partition coefficient (Wildman–Crippen LogP) is 2.43. The molecular formula is C11H16N2O. The molecule has 1 fully saturated rings. The summed E-state index contributed by atoms with van der Waals surface area (Å²) < 4.78 is 2.04. The second-order valence-electron chi connectivity index (χ2n) is 4.13. The summed E-state index contributed by atoms with van der Waals surface area (Å²) in [6.07, 6.45) is 3.71. The molecule has 0 atom stereocenters. The molecule has 1 aromatic heterocycles. The molecule has 0 saturated heterocycles. The van der Waals surface area contributed by atoms with E-state index >= 15 is 0 Å². The Bertz CT molecular complexity index is 375. The average molecular weight is 192 g/mol. The SMILES string of the molecule is CC(=O)c1c(C)nn(C2CCC2)c1C. The minimum Gasteiger partial charge on any atom is -0.294 e. The first-order valence-electron chi connectivity index (χ1n) is 5.18. The van der Waals surface area contributed by atoms with E-state index in [1.54, 1.807) is 6.92 Å². The number of aryl methyl sites for hydroxylation is 1. The number of hydrogen-bond donors (Lipinski definition) is 0. The van der Waals surface area contributed by atoms with Crippen molar-refractivity contribution in [2.24, 2.45) is 0 Å². The fourth-order valence-corrected chi connectivity index (χ4v) is 2.16. The second kappa shape index (κ2) is 3.23. The van der Waals surface area contributed by atoms with Crippen LogP contribution < -0.4 is 0 Å². The van der Waals surface area contributed by atoms with Crippen LogP contribution in [0.4, 0.5) is 0 Å². The summed E-state index contributed by atoms with van der Waals surface area (Å²) in [6, 6.07) is 0.543. The molecule has 76 valence electrons. The Morgan fingerprint density at radius 2 is 2.07 bits per heavy atom. The van der Waals surface area contributed by atoms with Crippen LogP contribution in [-0.4, -0.2) is 15.6 Å². The zero-order valence-corrected chi connectivity index (χ0v) is 9.00. The van der Waals surface area contributed by atoms with Gasteiger partial charge >= 0.3 is 0 Å². The van der Waals surface area contributed by atoms with Gasteiger partial charge in [-0.2, -0.15) is 5.10 Å². The van der Waals surface area contributed by atoms with E-state index in [0.29, 0.717) is 6.04 Å². The lowest BCUT2D eigenvalue weighted by Gasteiger charge is -2.26. The maximum absolute atomic E-state index is 11.4. The Hall–Kier alpha value is -1.12. The summed E-state index contributed by atoms with van der Waals surface area (Å²) in [5.74, 6) is 0.130. The van der Waals surface area contributed by atoms with Gasteiger partial charge in [-0.05, 0) is 40.0 Å². The molecule has 14 heavy (non-hydrogen) atoms. The van der Waals surface area contributed by atoms with E-state index < -0.39 is 0 Å². The van der Waals surface area contributed by atoms with E-state index in [4.69, 9.17) is 0 Å². The first-order valence-corrected chi connectivity index (χ1v) is 5.18. The molecule has 1 heterocycles. The van der Waals surface area contributed by atoms with Gasteiger partial charge < -0.3 is 0 Å². The highest BCUT2D eigenvalue weighted by atomic mass is 16.1. The van der Waals surface area contributed by atoms with Crippen molar-refractivity contribution in [1.82, 2.24) is 9.78 Å². The average Bonchev–Trinajstić information content (AvgIpc) is 2.23. The fourth-order valence-electron chi connectivity index (χ4n) is 2.16. The number of aromatic nitrogens is 2. The van der Waals surface area contributed by atoms with Crippen LogP contribution in [0.5, 0.6) is 0 Å². The van der Waals surface area contributed by atoms with Gasteiger partial charge in [0.2, 0.25) is 0 Å². The number of nitrogens with zero attached hydrogens (tertiary/aromatic N) is 2. The van der Waals surface area contributed by atoms with Crippen LogP contribution in [-0.2, 0) is 0 Å². The number of carbonyl (C=O) groups excluding carboxylic acids is 1. The largest absolute Gasteiger partial charge is 0.294 e. The van der Waals surface area contributed by atoms with E-state index in [1.807, 2.05) is 18.5 Å². The minimum atomic E-state index is 0.130. The summed E-state index contributed by atoms with van der Waals surface area (Å²) in [7, 11) is 0. The molecule has 0 amide bonds. The van der Waals surface area contributed by atoms with Gasteiger partial charge in [-0.25, -0.2) is 0 Å². The van der Waals surface area contributed by atoms with Gasteiger partial charge in [-0.15, -0.1) is 0 Å². The van der Waals surface area contributed by atoms with Crippen LogP contribution in [0.25, 0.3) is 0 Å². The van der Waals surface area contributed by atoms with Gasteiger partial charge in [0.25, 0.3) is 0 Å². The van der Waals surface area contributed by atoms with Gasteiger partial charge in [0.05, 0.1) is 17.3 Å². The summed E-state index contributed by atoms with van der Waals surface area (Å²) >= 11 is 0. The maximum atomic E-state index is 11.4. The molecule has 0 aliphatic heterocycles. The van der Waals surface area contributed by atoms with Crippen LogP contribution in [0.2, 0.25) is 0 Å². The van der Waals surface area contributed by atoms with Crippen molar-refractivity contribution in [2.45, 2.75) is 46.1 Å². The Morgan fingerprint density at radius 1 is 1.43 bits per heavy atom. The monoisotopic (exact) mass is 192 g/mol. The number of carbonyl (C=O) groups is 1. The number of Topliss-reactive ketones (excluding diaryl/α,β-unsaturated/α-hetero) is 1. The Kier molecular flexibility index (Phi) is 2.17. The molecule has 0 radical (unpaired) electrons. The summed E-state index contributed by atoms with van der Waals surface area (Å²) in [5.41, 5.74) is 2.73. The molecule has 0 bridgehead atoms. The smallest absolute Gasteiger partial charge is 0.163 e. The number of hydrogen-bond acceptors (Lipinski definition) is 2. The molecular weight excluding hydrogens is 176 g/mol. The Morgan fingerprint density at radius 3 is 2.43 bits per heavy atom. The minimum absolute atomic E-state index is 0.130. The Labute approximate surface area is 84.1 Å². The fraction of sp³-hybridized carbons (Fsp3) is 0.636. The molecule has 3 heteroatoms. The lowest BCUT2D eigenvalue weighted by Crippen LogP contribution is -2.19. The highest BCUT2D eigenvalue weighted by Gasteiger charge is 2.24. The molecule has 1 saturated carbocycles. The maximum Gasteiger partial charge on any atom is 0.163 e. The van der Waals surface area contributed by atoms with E-state index in [0.717, 1.165) is 17.0 Å². The highest BCUT2D eigenvalue weighted by molar-refractivity contribution is 5.96. The third-order valence-corrected chi connectivity index (χ3v) is 3.10. The molecule has 0 N–H and O–H groups in total. The van der Waals surface area contributed by atoms with E-state index in [-0.39, 0.29) is 5.78 Å². The van der Waals surface area contributed by atoms with Crippen molar-refractivity contribution >= 4 is 5.78 Å². The normalized spacial score (nSPS) is 16.8. The van der Waals surface area contributed by atoms with Gasteiger partial charge in [0, 0.05) is 5.69 Å². The Balaban J connectivity index is 2.42. The molecule has 1 aromatic rings. The van der Waals surface area contributed by atoms with Crippen molar-refractivity contribution in [3.05, 3.63) is 17.0 Å². The van der Waals surface area contributed by atoms with Crippen molar-refractivity contribution in [1.29, 1.82) is 0 Å². The van der Waals surface area contributed by atoms with Crippen LogP contribution in [0.15, 0.2) is 0 Å². The number of rotatable bonds is 2. The molecule has 0 aromatic carbocycles. The first kappa shape index (κ1) is 9.44. The van der Waals surface area contributed by atoms with E-state index in [1.165, 1.54) is 19.3 Å². The molecule has 0 unspecified atom stereocenters. The van der Waals surface area contributed by atoms with E-state index in [9.17, 15) is 4.79 Å². The summed E-state index contributed by atoms with van der Waals surface area (Å²) in [4.78, 5) is 11.4. The summed E-state index contributed by atoms with van der Waals surface area (Å²) in [6.45, 7) is 5.52. The van der Waals surface area contributed by atoms with Gasteiger partial charge in [0.1, 0.15) is 0 Å². The first-order chi connectivity index (χ1) is 6.61. The van der Waals surface area contributed by atoms with Gasteiger partial charge in [0.15, 0.2) is 5.78 Å². The highest BCUT2D eigenvalue weighted by Crippen LogP contribution is 2.33. The van der Waals surface area contributed by atoms with Crippen LogP contribution in [0, 0.1) is 13.8 Å². The molecule has 3 nitrogen and oxygen atoms in total. The zero-order valence-electron chi connectivity index (χ0n) is 9.00. The zero-order chi connectivity index (χ0) is 10.3. The molecule has 1 aliphatic carbocycles.